The minimum absolute atomic E-state index is 0.0382. The number of carbonyl (C=O) groups is 3. The maximum absolute atomic E-state index is 14.0. The Labute approximate surface area is 221 Å². The summed E-state index contributed by atoms with van der Waals surface area (Å²) in [5, 5.41) is 5.83. The first kappa shape index (κ1) is 31.5. The van der Waals surface area contributed by atoms with Crippen LogP contribution in [0.1, 0.15) is 76.6 Å². The number of nitrogens with zero attached hydrogens (tertiary/aromatic N) is 1. The van der Waals surface area contributed by atoms with E-state index in [9.17, 15) is 14.4 Å². The molecule has 3 atom stereocenters. The second kappa shape index (κ2) is 14.9. The lowest BCUT2D eigenvalue weighted by Gasteiger charge is -2.34. The van der Waals surface area contributed by atoms with Gasteiger partial charge in [0, 0.05) is 12.6 Å². The van der Waals surface area contributed by atoms with Crippen molar-refractivity contribution >= 4 is 29.7 Å². The SMILES string of the molecule is C=CCN(C(=O)C(CCSC)NC(=O)OC(C)(C)C)C(C(=O)NC(C)CCC)c1cc(C)cc(C)c1. The quantitative estimate of drug-likeness (QED) is 0.345. The number of thioether (sulfide) groups is 1. The smallest absolute Gasteiger partial charge is 0.408 e. The van der Waals surface area contributed by atoms with Crippen LogP contribution in [0.5, 0.6) is 0 Å². The number of nitrogens with one attached hydrogen (secondary N) is 2. The minimum atomic E-state index is -0.870. The molecular weight excluding hydrogens is 474 g/mol. The number of hydrogen-bond acceptors (Lipinski definition) is 5. The molecule has 8 heteroatoms. The first-order valence-electron chi connectivity index (χ1n) is 12.6. The lowest BCUT2D eigenvalue weighted by Crippen LogP contribution is -2.53. The Kier molecular flexibility index (Phi) is 13.1. The van der Waals surface area contributed by atoms with Crippen LogP contribution in [0.2, 0.25) is 0 Å². The Bertz CT molecular complexity index is 877. The standard InChI is InChI=1S/C28H45N3O4S/c1-10-12-21(5)29-25(32)24(22-17-19(3)16-20(4)18-22)31(14-11-2)26(33)23(13-15-36-9)30-27(34)35-28(6,7)8/h11,16-18,21,23-24H,2,10,12-15H2,1,3-9H3,(H,29,32)(H,30,34). The molecule has 36 heavy (non-hydrogen) atoms. The largest absolute Gasteiger partial charge is 0.444 e. The molecule has 0 bridgehead atoms. The Balaban J connectivity index is 3.48. The summed E-state index contributed by atoms with van der Waals surface area (Å²) in [5.74, 6) is 0.0523. The monoisotopic (exact) mass is 519 g/mol. The van der Waals surface area contributed by atoms with Crippen molar-refractivity contribution in [3.8, 4) is 0 Å². The zero-order valence-electron chi connectivity index (χ0n) is 23.3. The first-order valence-corrected chi connectivity index (χ1v) is 14.0. The van der Waals surface area contributed by atoms with Crippen molar-refractivity contribution < 1.29 is 19.1 Å². The average Bonchev–Trinajstić information content (AvgIpc) is 2.74. The van der Waals surface area contributed by atoms with Gasteiger partial charge in [0.05, 0.1) is 0 Å². The number of ether oxygens (including phenoxy) is 1. The molecule has 0 radical (unpaired) electrons. The predicted octanol–water partition coefficient (Wildman–Crippen LogP) is 5.31. The summed E-state index contributed by atoms with van der Waals surface area (Å²) in [6.07, 6.45) is 5.05. The van der Waals surface area contributed by atoms with E-state index in [1.54, 1.807) is 38.6 Å². The molecule has 0 aliphatic rings. The van der Waals surface area contributed by atoms with Gasteiger partial charge in [0.25, 0.3) is 0 Å². The van der Waals surface area contributed by atoms with E-state index in [-0.39, 0.29) is 24.4 Å². The van der Waals surface area contributed by atoms with Crippen LogP contribution in [-0.4, -0.2) is 59.0 Å². The summed E-state index contributed by atoms with van der Waals surface area (Å²) in [6, 6.07) is 4.14. The van der Waals surface area contributed by atoms with Crippen LogP contribution in [0.15, 0.2) is 30.9 Å². The van der Waals surface area contributed by atoms with Gasteiger partial charge in [-0.3, -0.25) is 9.59 Å². The summed E-state index contributed by atoms with van der Waals surface area (Å²) < 4.78 is 5.41. The van der Waals surface area contributed by atoms with Crippen molar-refractivity contribution in [2.45, 2.75) is 91.5 Å². The zero-order chi connectivity index (χ0) is 27.5. The molecule has 0 saturated carbocycles. The van der Waals surface area contributed by atoms with Crippen LogP contribution < -0.4 is 10.6 Å². The molecule has 0 aliphatic heterocycles. The zero-order valence-corrected chi connectivity index (χ0v) is 24.1. The van der Waals surface area contributed by atoms with Crippen molar-refractivity contribution in [1.29, 1.82) is 0 Å². The summed E-state index contributed by atoms with van der Waals surface area (Å²) in [4.78, 5) is 41.7. The fourth-order valence-corrected chi connectivity index (χ4v) is 4.54. The number of aryl methyl sites for hydroxylation is 2. The molecule has 202 valence electrons. The lowest BCUT2D eigenvalue weighted by molar-refractivity contribution is -0.142. The van der Waals surface area contributed by atoms with Crippen LogP contribution in [-0.2, 0) is 14.3 Å². The van der Waals surface area contributed by atoms with E-state index in [1.165, 1.54) is 4.90 Å². The maximum atomic E-state index is 14.0. The number of carbonyl (C=O) groups excluding carboxylic acids is 3. The van der Waals surface area contributed by atoms with Gasteiger partial charge in [0.1, 0.15) is 17.7 Å². The topological polar surface area (TPSA) is 87.7 Å². The van der Waals surface area contributed by atoms with E-state index in [2.05, 4.69) is 24.1 Å². The fourth-order valence-electron chi connectivity index (χ4n) is 4.07. The van der Waals surface area contributed by atoms with Crippen molar-refractivity contribution in [2.24, 2.45) is 0 Å². The Morgan fingerprint density at radius 2 is 1.72 bits per heavy atom. The average molecular weight is 520 g/mol. The van der Waals surface area contributed by atoms with Gasteiger partial charge in [-0.05, 0) is 72.0 Å². The highest BCUT2D eigenvalue weighted by molar-refractivity contribution is 7.98. The van der Waals surface area contributed by atoms with Gasteiger partial charge in [-0.25, -0.2) is 4.79 Å². The summed E-state index contributed by atoms with van der Waals surface area (Å²) in [5.41, 5.74) is 2.03. The van der Waals surface area contributed by atoms with Crippen LogP contribution in [0, 0.1) is 13.8 Å². The summed E-state index contributed by atoms with van der Waals surface area (Å²) in [7, 11) is 0. The number of alkyl carbamates (subject to hydrolysis) is 1. The summed E-state index contributed by atoms with van der Waals surface area (Å²) in [6.45, 7) is 17.3. The van der Waals surface area contributed by atoms with E-state index in [0.717, 1.165) is 29.5 Å². The third-order valence-electron chi connectivity index (χ3n) is 5.44. The normalized spacial score (nSPS) is 13.8. The lowest BCUT2D eigenvalue weighted by atomic mass is 9.97. The number of hydrogen-bond donors (Lipinski definition) is 2. The number of rotatable bonds is 13. The van der Waals surface area contributed by atoms with E-state index in [1.807, 2.05) is 45.2 Å². The molecule has 1 aromatic carbocycles. The molecule has 0 aromatic heterocycles. The molecule has 0 spiro atoms. The molecule has 0 heterocycles. The number of benzene rings is 1. The molecule has 0 fully saturated rings. The molecular formula is C28H45N3O4S. The highest BCUT2D eigenvalue weighted by atomic mass is 32.2. The second-order valence-electron chi connectivity index (χ2n) is 10.3. The van der Waals surface area contributed by atoms with Crippen LogP contribution in [0.25, 0.3) is 0 Å². The molecule has 1 rings (SSSR count). The van der Waals surface area contributed by atoms with Gasteiger partial charge < -0.3 is 20.3 Å². The van der Waals surface area contributed by atoms with E-state index in [0.29, 0.717) is 12.2 Å². The second-order valence-corrected chi connectivity index (χ2v) is 11.3. The predicted molar refractivity (Wildman–Crippen MR) is 149 cm³/mol. The Morgan fingerprint density at radius 1 is 1.11 bits per heavy atom. The molecule has 1 aromatic rings. The molecule has 0 saturated heterocycles. The van der Waals surface area contributed by atoms with Gasteiger partial charge in [-0.2, -0.15) is 11.8 Å². The first-order chi connectivity index (χ1) is 16.8. The van der Waals surface area contributed by atoms with Crippen LogP contribution >= 0.6 is 11.8 Å². The Hall–Kier alpha value is -2.48. The summed E-state index contributed by atoms with van der Waals surface area (Å²) >= 11 is 1.58. The van der Waals surface area contributed by atoms with Gasteiger partial charge in [-0.1, -0.05) is 48.7 Å². The molecule has 0 aliphatic carbocycles. The van der Waals surface area contributed by atoms with Crippen LogP contribution in [0.4, 0.5) is 4.79 Å². The van der Waals surface area contributed by atoms with Gasteiger partial charge in [0.2, 0.25) is 11.8 Å². The van der Waals surface area contributed by atoms with E-state index >= 15 is 0 Å². The number of amides is 3. The highest BCUT2D eigenvalue weighted by Gasteiger charge is 2.36. The van der Waals surface area contributed by atoms with Crippen molar-refractivity contribution in [2.75, 3.05) is 18.6 Å². The highest BCUT2D eigenvalue weighted by Crippen LogP contribution is 2.26. The molecule has 3 unspecified atom stereocenters. The van der Waals surface area contributed by atoms with Gasteiger partial charge >= 0.3 is 6.09 Å². The van der Waals surface area contributed by atoms with Gasteiger partial charge in [-0.15, -0.1) is 6.58 Å². The van der Waals surface area contributed by atoms with Crippen molar-refractivity contribution in [1.82, 2.24) is 15.5 Å². The van der Waals surface area contributed by atoms with E-state index in [4.69, 9.17) is 4.74 Å². The third-order valence-corrected chi connectivity index (χ3v) is 6.08. The van der Waals surface area contributed by atoms with Crippen LogP contribution in [0.3, 0.4) is 0 Å². The van der Waals surface area contributed by atoms with Crippen molar-refractivity contribution in [3.05, 3.63) is 47.5 Å². The molecule has 3 amide bonds. The maximum Gasteiger partial charge on any atom is 0.408 e. The molecule has 7 nitrogen and oxygen atoms in total. The van der Waals surface area contributed by atoms with Crippen molar-refractivity contribution in [3.63, 3.8) is 0 Å². The van der Waals surface area contributed by atoms with E-state index < -0.39 is 23.8 Å². The fraction of sp³-hybridized carbons (Fsp3) is 0.607. The molecule has 2 N–H and O–H groups in total. The van der Waals surface area contributed by atoms with Gasteiger partial charge in [0.15, 0.2) is 0 Å². The minimum Gasteiger partial charge on any atom is -0.444 e. The Morgan fingerprint density at radius 3 is 2.22 bits per heavy atom. The third kappa shape index (κ3) is 10.6.